The number of H-pyrrole nitrogens is 1. The minimum Gasteiger partial charge on any atom is -0.336 e. The maximum atomic E-state index is 11.3. The van der Waals surface area contributed by atoms with E-state index in [1.807, 2.05) is 26.0 Å². The van der Waals surface area contributed by atoms with E-state index in [1.165, 1.54) is 6.07 Å². The Balaban J connectivity index is 2.48. The van der Waals surface area contributed by atoms with Crippen LogP contribution in [0.15, 0.2) is 35.1 Å². The van der Waals surface area contributed by atoms with Crippen LogP contribution in [0.2, 0.25) is 0 Å². The van der Waals surface area contributed by atoms with Crippen molar-refractivity contribution < 1.29 is 4.92 Å². The van der Waals surface area contributed by atoms with Crippen molar-refractivity contribution in [3.8, 4) is 0 Å². The minimum absolute atomic E-state index is 0.0891. The lowest BCUT2D eigenvalue weighted by atomic mass is 10.1. The average molecular weight is 259 g/mol. The molecular weight excluding hydrogens is 246 g/mol. The normalized spacial score (nSPS) is 10.2. The second-order valence-electron chi connectivity index (χ2n) is 4.21. The number of hydrogen-bond donors (Lipinski definition) is 2. The third-order valence-corrected chi connectivity index (χ3v) is 2.96. The Morgan fingerprint density at radius 3 is 2.63 bits per heavy atom. The fraction of sp³-hybridized carbons (Fsp3) is 0.154. The highest BCUT2D eigenvalue weighted by Crippen LogP contribution is 2.26. The number of hydrogen-bond acceptors (Lipinski definition) is 4. The molecule has 0 radical (unpaired) electrons. The van der Waals surface area contributed by atoms with Gasteiger partial charge in [-0.3, -0.25) is 14.9 Å². The summed E-state index contributed by atoms with van der Waals surface area (Å²) in [6.07, 6.45) is 0. The summed E-state index contributed by atoms with van der Waals surface area (Å²) in [6, 6.07) is 7.91. The summed E-state index contributed by atoms with van der Waals surface area (Å²) in [6.45, 7) is 3.85. The van der Waals surface area contributed by atoms with Gasteiger partial charge in [-0.2, -0.15) is 0 Å². The van der Waals surface area contributed by atoms with Gasteiger partial charge in [-0.25, -0.2) is 0 Å². The molecule has 2 aromatic rings. The number of benzene rings is 1. The average Bonchev–Trinajstić information content (AvgIpc) is 2.35. The van der Waals surface area contributed by atoms with Gasteiger partial charge >= 0.3 is 5.69 Å². The lowest BCUT2D eigenvalue weighted by Gasteiger charge is -2.11. The van der Waals surface area contributed by atoms with E-state index in [2.05, 4.69) is 10.3 Å². The molecule has 0 saturated heterocycles. The first-order chi connectivity index (χ1) is 8.99. The van der Waals surface area contributed by atoms with Crippen LogP contribution in [0, 0.1) is 24.0 Å². The Hall–Kier alpha value is -2.63. The Bertz CT molecular complexity index is 692. The van der Waals surface area contributed by atoms with Crippen molar-refractivity contribution in [3.05, 3.63) is 61.9 Å². The van der Waals surface area contributed by atoms with Crippen LogP contribution >= 0.6 is 0 Å². The predicted molar refractivity (Wildman–Crippen MR) is 72.9 cm³/mol. The molecule has 1 aromatic heterocycles. The van der Waals surface area contributed by atoms with E-state index < -0.39 is 10.5 Å². The van der Waals surface area contributed by atoms with Gasteiger partial charge in [0, 0.05) is 17.8 Å². The van der Waals surface area contributed by atoms with Gasteiger partial charge in [-0.1, -0.05) is 12.1 Å². The fourth-order valence-electron chi connectivity index (χ4n) is 1.74. The molecule has 19 heavy (non-hydrogen) atoms. The molecule has 0 bridgehead atoms. The molecule has 0 unspecified atom stereocenters. The van der Waals surface area contributed by atoms with E-state index in [-0.39, 0.29) is 11.5 Å². The zero-order valence-electron chi connectivity index (χ0n) is 10.6. The SMILES string of the molecule is Cc1cccc(Nc2[nH]c(=O)ccc2[N+](=O)[O-])c1C. The highest BCUT2D eigenvalue weighted by molar-refractivity contribution is 5.68. The van der Waals surface area contributed by atoms with Crippen molar-refractivity contribution in [2.75, 3.05) is 5.32 Å². The van der Waals surface area contributed by atoms with Crippen molar-refractivity contribution in [2.45, 2.75) is 13.8 Å². The topological polar surface area (TPSA) is 88.0 Å². The van der Waals surface area contributed by atoms with Crippen LogP contribution in [-0.2, 0) is 0 Å². The van der Waals surface area contributed by atoms with Gasteiger partial charge in [0.15, 0.2) is 5.82 Å². The molecule has 98 valence electrons. The molecule has 0 spiro atoms. The summed E-state index contributed by atoms with van der Waals surface area (Å²) in [4.78, 5) is 24.1. The highest BCUT2D eigenvalue weighted by Gasteiger charge is 2.15. The molecule has 0 aliphatic carbocycles. The maximum absolute atomic E-state index is 11.3. The highest BCUT2D eigenvalue weighted by atomic mass is 16.6. The summed E-state index contributed by atoms with van der Waals surface area (Å²) in [5.74, 6) is 0.0891. The molecule has 2 N–H and O–H groups in total. The van der Waals surface area contributed by atoms with E-state index in [9.17, 15) is 14.9 Å². The van der Waals surface area contributed by atoms with Crippen LogP contribution in [0.4, 0.5) is 17.2 Å². The molecule has 0 atom stereocenters. The number of nitrogens with one attached hydrogen (secondary N) is 2. The lowest BCUT2D eigenvalue weighted by Crippen LogP contribution is -2.09. The molecular formula is C13H13N3O3. The molecule has 0 aliphatic heterocycles. The van der Waals surface area contributed by atoms with Gasteiger partial charge in [-0.05, 0) is 31.0 Å². The van der Waals surface area contributed by atoms with Crippen molar-refractivity contribution in [1.82, 2.24) is 4.98 Å². The standard InChI is InChI=1S/C13H13N3O3/c1-8-4-3-5-10(9(8)2)14-13-11(16(18)19)6-7-12(17)15-13/h3-7H,1-2H3,(H2,14,15,17). The predicted octanol–water partition coefficient (Wildman–Crippen LogP) is 2.64. The minimum atomic E-state index is -0.538. The Labute approximate surface area is 109 Å². The third-order valence-electron chi connectivity index (χ3n) is 2.96. The van der Waals surface area contributed by atoms with Crippen molar-refractivity contribution in [1.29, 1.82) is 0 Å². The second-order valence-corrected chi connectivity index (χ2v) is 4.21. The number of aromatic nitrogens is 1. The third kappa shape index (κ3) is 2.62. The van der Waals surface area contributed by atoms with Crippen LogP contribution in [0.5, 0.6) is 0 Å². The number of nitro groups is 1. The zero-order chi connectivity index (χ0) is 14.0. The molecule has 0 saturated carbocycles. The first-order valence-electron chi connectivity index (χ1n) is 5.70. The molecule has 1 heterocycles. The Kier molecular flexibility index (Phi) is 3.33. The Morgan fingerprint density at radius 2 is 1.95 bits per heavy atom. The van der Waals surface area contributed by atoms with Crippen molar-refractivity contribution in [2.24, 2.45) is 0 Å². The number of aromatic amines is 1. The molecule has 6 heteroatoms. The number of anilines is 2. The second kappa shape index (κ2) is 4.93. The van der Waals surface area contributed by atoms with Crippen molar-refractivity contribution >= 4 is 17.2 Å². The van der Waals surface area contributed by atoms with E-state index in [0.29, 0.717) is 0 Å². The molecule has 0 aliphatic rings. The van der Waals surface area contributed by atoms with Crippen LogP contribution in [0.1, 0.15) is 11.1 Å². The molecule has 0 amide bonds. The summed E-state index contributed by atoms with van der Waals surface area (Å²) in [5, 5.41) is 13.8. The molecule has 0 fully saturated rings. The summed E-state index contributed by atoms with van der Waals surface area (Å²) >= 11 is 0. The maximum Gasteiger partial charge on any atom is 0.309 e. The Morgan fingerprint density at radius 1 is 1.21 bits per heavy atom. The number of aryl methyl sites for hydroxylation is 1. The van der Waals surface area contributed by atoms with E-state index in [4.69, 9.17) is 0 Å². The summed E-state index contributed by atoms with van der Waals surface area (Å²) < 4.78 is 0. The number of nitrogens with zero attached hydrogens (tertiary/aromatic N) is 1. The lowest BCUT2D eigenvalue weighted by molar-refractivity contribution is -0.384. The molecule has 1 aromatic carbocycles. The monoisotopic (exact) mass is 259 g/mol. The van der Waals surface area contributed by atoms with Crippen LogP contribution in [0.25, 0.3) is 0 Å². The van der Waals surface area contributed by atoms with Crippen LogP contribution in [-0.4, -0.2) is 9.91 Å². The van der Waals surface area contributed by atoms with E-state index >= 15 is 0 Å². The van der Waals surface area contributed by atoms with Crippen LogP contribution < -0.4 is 10.9 Å². The molecule has 2 rings (SSSR count). The zero-order valence-corrected chi connectivity index (χ0v) is 10.6. The fourth-order valence-corrected chi connectivity index (χ4v) is 1.74. The van der Waals surface area contributed by atoms with Crippen molar-refractivity contribution in [3.63, 3.8) is 0 Å². The summed E-state index contributed by atoms with van der Waals surface area (Å²) in [5.41, 5.74) is 2.20. The van der Waals surface area contributed by atoms with Gasteiger partial charge in [0.05, 0.1) is 4.92 Å². The van der Waals surface area contributed by atoms with Gasteiger partial charge < -0.3 is 10.3 Å². The van der Waals surface area contributed by atoms with Gasteiger partial charge in [0.2, 0.25) is 5.56 Å². The number of rotatable bonds is 3. The number of pyridine rings is 1. The van der Waals surface area contributed by atoms with E-state index in [1.54, 1.807) is 6.07 Å². The smallest absolute Gasteiger partial charge is 0.309 e. The van der Waals surface area contributed by atoms with Gasteiger partial charge in [0.25, 0.3) is 0 Å². The van der Waals surface area contributed by atoms with Crippen LogP contribution in [0.3, 0.4) is 0 Å². The van der Waals surface area contributed by atoms with E-state index in [0.717, 1.165) is 22.9 Å². The van der Waals surface area contributed by atoms with Gasteiger partial charge in [-0.15, -0.1) is 0 Å². The van der Waals surface area contributed by atoms with Gasteiger partial charge in [0.1, 0.15) is 0 Å². The summed E-state index contributed by atoms with van der Waals surface area (Å²) in [7, 11) is 0. The molecule has 6 nitrogen and oxygen atoms in total. The first kappa shape index (κ1) is 12.8. The quantitative estimate of drug-likeness (QED) is 0.655. The first-order valence-corrected chi connectivity index (χ1v) is 5.70. The largest absolute Gasteiger partial charge is 0.336 e.